The summed E-state index contributed by atoms with van der Waals surface area (Å²) in [7, 11) is 0. The Bertz CT molecular complexity index is 645. The van der Waals surface area contributed by atoms with E-state index in [0.717, 1.165) is 31.4 Å². The average molecular weight is 322 g/mol. The second-order valence-electron chi connectivity index (χ2n) is 6.61. The van der Waals surface area contributed by atoms with Crippen LogP contribution in [0.25, 0.3) is 0 Å². The number of rotatable bonds is 6. The first kappa shape index (κ1) is 16.8. The summed E-state index contributed by atoms with van der Waals surface area (Å²) >= 11 is 0. The Morgan fingerprint density at radius 2 is 1.71 bits per heavy atom. The van der Waals surface area contributed by atoms with Gasteiger partial charge in [-0.25, -0.2) is 0 Å². The van der Waals surface area contributed by atoms with Crippen LogP contribution in [0.4, 0.5) is 0 Å². The molecule has 24 heavy (non-hydrogen) atoms. The van der Waals surface area contributed by atoms with Gasteiger partial charge in [0.05, 0.1) is 6.61 Å². The van der Waals surface area contributed by atoms with Crippen molar-refractivity contribution < 1.29 is 9.53 Å². The Kier molecular flexibility index (Phi) is 5.68. The molecule has 0 radical (unpaired) electrons. The van der Waals surface area contributed by atoms with Gasteiger partial charge in [-0.05, 0) is 49.4 Å². The molecule has 126 valence electrons. The molecule has 1 fully saturated rings. The number of hydrogen-bond donors (Lipinski definition) is 0. The maximum absolute atomic E-state index is 12.3. The van der Waals surface area contributed by atoms with Crippen LogP contribution in [-0.4, -0.2) is 12.4 Å². The highest BCUT2D eigenvalue weighted by Gasteiger charge is 2.27. The van der Waals surface area contributed by atoms with Crippen LogP contribution in [0.1, 0.15) is 56.1 Å². The van der Waals surface area contributed by atoms with E-state index < -0.39 is 0 Å². The topological polar surface area (TPSA) is 26.3 Å². The van der Waals surface area contributed by atoms with Crippen molar-refractivity contribution in [3.8, 4) is 5.75 Å². The maximum Gasteiger partial charge on any atom is 0.136 e. The Morgan fingerprint density at radius 1 is 1.00 bits per heavy atom. The lowest BCUT2D eigenvalue weighted by atomic mass is 9.77. The predicted molar refractivity (Wildman–Crippen MR) is 97.5 cm³/mol. The molecular formula is C22H26O2. The van der Waals surface area contributed by atoms with Crippen molar-refractivity contribution >= 4 is 5.78 Å². The van der Waals surface area contributed by atoms with Gasteiger partial charge in [-0.1, -0.05) is 48.9 Å². The zero-order valence-corrected chi connectivity index (χ0v) is 14.4. The lowest BCUT2D eigenvalue weighted by Gasteiger charge is -2.26. The molecule has 0 heterocycles. The van der Waals surface area contributed by atoms with E-state index in [9.17, 15) is 4.79 Å². The van der Waals surface area contributed by atoms with E-state index >= 15 is 0 Å². The third-order valence-electron chi connectivity index (χ3n) is 5.00. The van der Waals surface area contributed by atoms with Gasteiger partial charge in [0.2, 0.25) is 0 Å². The molecule has 1 saturated carbocycles. The van der Waals surface area contributed by atoms with E-state index in [1.807, 2.05) is 25.1 Å². The Labute approximate surface area is 144 Å². The van der Waals surface area contributed by atoms with Gasteiger partial charge < -0.3 is 4.74 Å². The first-order chi connectivity index (χ1) is 11.8. The number of Topliss-reactive ketones (excluding diaryl/α,β-unsaturated/α-hetero) is 1. The number of carbonyl (C=O) groups is 1. The van der Waals surface area contributed by atoms with Crippen LogP contribution >= 0.6 is 0 Å². The molecule has 0 aromatic heterocycles. The van der Waals surface area contributed by atoms with E-state index in [0.29, 0.717) is 12.4 Å². The summed E-state index contributed by atoms with van der Waals surface area (Å²) < 4.78 is 5.56. The number of ketones is 1. The molecule has 0 N–H and O–H groups in total. The lowest BCUT2D eigenvalue weighted by Crippen LogP contribution is -2.21. The largest absolute Gasteiger partial charge is 0.494 e. The predicted octanol–water partition coefficient (Wildman–Crippen LogP) is 5.37. The zero-order chi connectivity index (χ0) is 16.8. The van der Waals surface area contributed by atoms with Crippen molar-refractivity contribution in [3.63, 3.8) is 0 Å². The highest BCUT2D eigenvalue weighted by atomic mass is 16.5. The monoisotopic (exact) mass is 322 g/mol. The zero-order valence-electron chi connectivity index (χ0n) is 14.4. The lowest BCUT2D eigenvalue weighted by molar-refractivity contribution is -0.124. The number of benzene rings is 2. The Balaban J connectivity index is 1.85. The van der Waals surface area contributed by atoms with E-state index in [-0.39, 0.29) is 11.8 Å². The molecule has 1 aliphatic carbocycles. The summed E-state index contributed by atoms with van der Waals surface area (Å²) in [4.78, 5) is 12.3. The Hall–Kier alpha value is -2.09. The molecule has 2 aromatic carbocycles. The number of ether oxygens (including phenoxy) is 1. The third kappa shape index (κ3) is 4.05. The Morgan fingerprint density at radius 3 is 2.38 bits per heavy atom. The van der Waals surface area contributed by atoms with Crippen molar-refractivity contribution in [1.29, 1.82) is 0 Å². The summed E-state index contributed by atoms with van der Waals surface area (Å²) in [5.74, 6) is 1.83. The SMILES string of the molecule is CCOc1ccc(C(CC2CCCCC2=O)c2ccccc2)cc1. The van der Waals surface area contributed by atoms with Gasteiger partial charge in [0.25, 0.3) is 0 Å². The van der Waals surface area contributed by atoms with Gasteiger partial charge >= 0.3 is 0 Å². The molecule has 2 heteroatoms. The fourth-order valence-electron chi connectivity index (χ4n) is 3.70. The number of carbonyl (C=O) groups excluding carboxylic acids is 1. The maximum atomic E-state index is 12.3. The first-order valence-electron chi connectivity index (χ1n) is 9.08. The quantitative estimate of drug-likeness (QED) is 0.715. The van der Waals surface area contributed by atoms with Crippen LogP contribution in [0.3, 0.4) is 0 Å². The smallest absolute Gasteiger partial charge is 0.136 e. The first-order valence-corrected chi connectivity index (χ1v) is 9.08. The molecule has 3 rings (SSSR count). The van der Waals surface area contributed by atoms with Gasteiger partial charge in [-0.3, -0.25) is 4.79 Å². The van der Waals surface area contributed by atoms with E-state index in [1.165, 1.54) is 17.5 Å². The van der Waals surface area contributed by atoms with E-state index in [2.05, 4.69) is 36.4 Å². The fraction of sp³-hybridized carbons (Fsp3) is 0.409. The van der Waals surface area contributed by atoms with Gasteiger partial charge in [0.15, 0.2) is 0 Å². The molecule has 1 aliphatic rings. The van der Waals surface area contributed by atoms with Crippen molar-refractivity contribution in [2.24, 2.45) is 5.92 Å². The van der Waals surface area contributed by atoms with Crippen LogP contribution in [-0.2, 0) is 4.79 Å². The summed E-state index contributed by atoms with van der Waals surface area (Å²) in [6.07, 6.45) is 4.96. The molecule has 0 spiro atoms. The van der Waals surface area contributed by atoms with Crippen molar-refractivity contribution in [2.75, 3.05) is 6.61 Å². The number of hydrogen-bond acceptors (Lipinski definition) is 2. The standard InChI is InChI=1S/C22H26O2/c1-2-24-20-14-12-18(13-15-20)21(17-8-4-3-5-9-17)16-19-10-6-7-11-22(19)23/h3-5,8-9,12-15,19,21H,2,6-7,10-11,16H2,1H3. The molecule has 2 aromatic rings. The van der Waals surface area contributed by atoms with Gasteiger partial charge in [0, 0.05) is 18.3 Å². The van der Waals surface area contributed by atoms with Crippen LogP contribution in [0.2, 0.25) is 0 Å². The molecule has 2 unspecified atom stereocenters. The molecule has 0 bridgehead atoms. The van der Waals surface area contributed by atoms with Crippen molar-refractivity contribution in [1.82, 2.24) is 0 Å². The highest BCUT2D eigenvalue weighted by Crippen LogP contribution is 2.36. The second-order valence-corrected chi connectivity index (χ2v) is 6.61. The summed E-state index contributed by atoms with van der Waals surface area (Å²) in [6.45, 7) is 2.67. The van der Waals surface area contributed by atoms with E-state index in [1.54, 1.807) is 0 Å². The molecule has 2 nitrogen and oxygen atoms in total. The molecule has 0 amide bonds. The average Bonchev–Trinajstić information content (AvgIpc) is 2.63. The van der Waals surface area contributed by atoms with Crippen LogP contribution in [0.5, 0.6) is 5.75 Å². The fourth-order valence-corrected chi connectivity index (χ4v) is 3.70. The molecule has 2 atom stereocenters. The van der Waals surface area contributed by atoms with Crippen molar-refractivity contribution in [2.45, 2.75) is 44.9 Å². The van der Waals surface area contributed by atoms with Gasteiger partial charge in [-0.2, -0.15) is 0 Å². The van der Waals surface area contributed by atoms with Crippen LogP contribution in [0.15, 0.2) is 54.6 Å². The van der Waals surface area contributed by atoms with E-state index in [4.69, 9.17) is 4.74 Å². The van der Waals surface area contributed by atoms with Crippen LogP contribution in [0, 0.1) is 5.92 Å². The normalized spacial score (nSPS) is 19.0. The minimum atomic E-state index is 0.204. The van der Waals surface area contributed by atoms with Crippen molar-refractivity contribution in [3.05, 3.63) is 65.7 Å². The molecule has 0 aliphatic heterocycles. The molecular weight excluding hydrogens is 296 g/mol. The summed E-state index contributed by atoms with van der Waals surface area (Å²) in [6, 6.07) is 18.9. The second kappa shape index (κ2) is 8.14. The minimum absolute atomic E-state index is 0.204. The minimum Gasteiger partial charge on any atom is -0.494 e. The highest BCUT2D eigenvalue weighted by molar-refractivity contribution is 5.81. The van der Waals surface area contributed by atoms with Gasteiger partial charge in [-0.15, -0.1) is 0 Å². The summed E-state index contributed by atoms with van der Waals surface area (Å²) in [5, 5.41) is 0. The summed E-state index contributed by atoms with van der Waals surface area (Å²) in [5.41, 5.74) is 2.56. The van der Waals surface area contributed by atoms with Crippen LogP contribution < -0.4 is 4.74 Å². The van der Waals surface area contributed by atoms with Gasteiger partial charge in [0.1, 0.15) is 11.5 Å². The third-order valence-corrected chi connectivity index (χ3v) is 5.00. The molecule has 0 saturated heterocycles.